The molecule has 0 fully saturated rings. The van der Waals surface area contributed by atoms with Crippen molar-refractivity contribution >= 4 is 41.0 Å². The lowest BCUT2D eigenvalue weighted by Gasteiger charge is -2.14. The van der Waals surface area contributed by atoms with Crippen LogP contribution in [0.1, 0.15) is 36.8 Å². The van der Waals surface area contributed by atoms with E-state index in [0.717, 1.165) is 4.57 Å². The van der Waals surface area contributed by atoms with Gasteiger partial charge < -0.3 is 30.0 Å². The van der Waals surface area contributed by atoms with E-state index in [-0.39, 0.29) is 34.2 Å². The number of ether oxygens (including phenoxy) is 2. The van der Waals surface area contributed by atoms with Crippen LogP contribution < -0.4 is 15.2 Å². The van der Waals surface area contributed by atoms with E-state index >= 15 is 0 Å². The minimum atomic E-state index is -1.47. The first kappa shape index (κ1) is 24.0. The number of hydrogen-bond donors (Lipinski definition) is 3. The maximum absolute atomic E-state index is 12.3. The summed E-state index contributed by atoms with van der Waals surface area (Å²) in [6, 6.07) is 9.03. The zero-order valence-electron chi connectivity index (χ0n) is 17.4. The molecule has 11 heteroatoms. The van der Waals surface area contributed by atoms with Gasteiger partial charge in [-0.3, -0.25) is 4.79 Å². The van der Waals surface area contributed by atoms with E-state index in [0.29, 0.717) is 10.6 Å². The SMILES string of the molecule is COc1cccc(C(N)=O)c1-c1c(C(=O)O)c(OCc2ccc(Cl)c(Cl)c2)c(C(=O)O)n1C. The molecule has 1 aromatic heterocycles. The highest BCUT2D eigenvalue weighted by Gasteiger charge is 2.34. The second kappa shape index (κ2) is 9.43. The van der Waals surface area contributed by atoms with Crippen LogP contribution in [0.4, 0.5) is 0 Å². The fourth-order valence-electron chi connectivity index (χ4n) is 3.47. The number of nitrogens with zero attached hydrogens (tertiary/aromatic N) is 1. The van der Waals surface area contributed by atoms with Gasteiger partial charge in [-0.05, 0) is 29.8 Å². The standard InChI is InChI=1S/C22H18Cl2N2O7/c1-26-17(15-11(20(25)27)4-3-5-14(15)32-2)16(21(28)29)19(18(26)22(30)31)33-9-10-6-7-12(23)13(24)8-10/h3-8H,9H2,1-2H3,(H2,25,27)(H,28,29)(H,30,31). The van der Waals surface area contributed by atoms with E-state index in [1.165, 1.54) is 44.5 Å². The second-order valence-electron chi connectivity index (χ2n) is 6.85. The van der Waals surface area contributed by atoms with Crippen molar-refractivity contribution in [1.82, 2.24) is 4.57 Å². The fraction of sp³-hybridized carbons (Fsp3) is 0.136. The average molecular weight is 493 g/mol. The number of halogens is 2. The Morgan fingerprint density at radius 3 is 2.30 bits per heavy atom. The van der Waals surface area contributed by atoms with Crippen LogP contribution in [0.2, 0.25) is 10.0 Å². The molecular formula is C22H18Cl2N2O7. The minimum absolute atomic E-state index is 0.0271. The Kier molecular flexibility index (Phi) is 6.85. The summed E-state index contributed by atoms with van der Waals surface area (Å²) in [5.41, 5.74) is 4.97. The van der Waals surface area contributed by atoms with Crippen LogP contribution in [0.3, 0.4) is 0 Å². The van der Waals surface area contributed by atoms with E-state index in [2.05, 4.69) is 0 Å². The van der Waals surface area contributed by atoms with E-state index in [1.807, 2.05) is 0 Å². The van der Waals surface area contributed by atoms with Crippen molar-refractivity contribution in [1.29, 1.82) is 0 Å². The van der Waals surface area contributed by atoms with Gasteiger partial charge in [-0.1, -0.05) is 35.3 Å². The van der Waals surface area contributed by atoms with Crippen LogP contribution >= 0.6 is 23.2 Å². The third kappa shape index (κ3) is 4.46. The average Bonchev–Trinajstić information content (AvgIpc) is 3.05. The first-order valence-electron chi connectivity index (χ1n) is 9.31. The van der Waals surface area contributed by atoms with E-state index in [9.17, 15) is 24.6 Å². The Bertz CT molecular complexity index is 1280. The van der Waals surface area contributed by atoms with Gasteiger partial charge in [0, 0.05) is 7.05 Å². The maximum atomic E-state index is 12.3. The number of carbonyl (C=O) groups excluding carboxylic acids is 1. The number of methoxy groups -OCH3 is 1. The molecular weight excluding hydrogens is 475 g/mol. The summed E-state index contributed by atoms with van der Waals surface area (Å²) in [6.07, 6.45) is 0. The molecule has 0 aliphatic heterocycles. The van der Waals surface area contributed by atoms with Crippen LogP contribution in [-0.4, -0.2) is 39.7 Å². The van der Waals surface area contributed by atoms with Crippen molar-refractivity contribution in [3.63, 3.8) is 0 Å². The van der Waals surface area contributed by atoms with Gasteiger partial charge in [0.2, 0.25) is 5.91 Å². The smallest absolute Gasteiger partial charge is 0.356 e. The van der Waals surface area contributed by atoms with Gasteiger partial charge in [0.15, 0.2) is 11.4 Å². The highest BCUT2D eigenvalue weighted by Crippen LogP contribution is 2.42. The Morgan fingerprint density at radius 2 is 1.76 bits per heavy atom. The molecule has 0 bridgehead atoms. The van der Waals surface area contributed by atoms with Crippen LogP contribution in [0.15, 0.2) is 36.4 Å². The lowest BCUT2D eigenvalue weighted by molar-refractivity contribution is 0.0681. The Morgan fingerprint density at radius 1 is 1.06 bits per heavy atom. The number of hydrogen-bond acceptors (Lipinski definition) is 5. The van der Waals surface area contributed by atoms with Crippen molar-refractivity contribution < 1.29 is 34.1 Å². The molecule has 9 nitrogen and oxygen atoms in total. The zero-order valence-corrected chi connectivity index (χ0v) is 18.9. The largest absolute Gasteiger partial charge is 0.496 e. The number of aromatic carboxylic acids is 2. The normalized spacial score (nSPS) is 10.7. The molecule has 1 amide bonds. The molecule has 0 aliphatic rings. The summed E-state index contributed by atoms with van der Waals surface area (Å²) in [7, 11) is 2.67. The lowest BCUT2D eigenvalue weighted by atomic mass is 9.99. The molecule has 0 spiro atoms. The molecule has 33 heavy (non-hydrogen) atoms. The van der Waals surface area contributed by atoms with Gasteiger partial charge in [0.25, 0.3) is 0 Å². The summed E-state index contributed by atoms with van der Waals surface area (Å²) < 4.78 is 12.1. The van der Waals surface area contributed by atoms with Crippen LogP contribution in [-0.2, 0) is 13.7 Å². The number of amides is 1. The van der Waals surface area contributed by atoms with Crippen LogP contribution in [0.25, 0.3) is 11.3 Å². The van der Waals surface area contributed by atoms with Crippen molar-refractivity contribution in [3.8, 4) is 22.8 Å². The Balaban J connectivity index is 2.28. The number of primary amides is 1. The number of carbonyl (C=O) groups is 3. The predicted octanol–water partition coefficient (Wildman–Crippen LogP) is 4.08. The third-order valence-corrected chi connectivity index (χ3v) is 5.62. The van der Waals surface area contributed by atoms with Gasteiger partial charge in [-0.25, -0.2) is 9.59 Å². The number of carboxylic acids is 2. The molecule has 1 heterocycles. The van der Waals surface area contributed by atoms with Crippen LogP contribution in [0, 0.1) is 0 Å². The molecule has 0 radical (unpaired) electrons. The van der Waals surface area contributed by atoms with Gasteiger partial charge in [0.05, 0.1) is 34.0 Å². The molecule has 172 valence electrons. The van der Waals surface area contributed by atoms with Crippen molar-refractivity contribution in [2.75, 3.05) is 7.11 Å². The van der Waals surface area contributed by atoms with E-state index in [1.54, 1.807) is 6.07 Å². The second-order valence-corrected chi connectivity index (χ2v) is 7.67. The number of aromatic nitrogens is 1. The molecule has 2 aromatic carbocycles. The summed E-state index contributed by atoms with van der Waals surface area (Å²) >= 11 is 11.9. The van der Waals surface area contributed by atoms with E-state index in [4.69, 9.17) is 38.4 Å². The Hall–Kier alpha value is -3.69. The van der Waals surface area contributed by atoms with Gasteiger partial charge in [-0.2, -0.15) is 0 Å². The van der Waals surface area contributed by atoms with Crippen LogP contribution in [0.5, 0.6) is 11.5 Å². The number of carboxylic acid groups (broad SMARTS) is 2. The lowest BCUT2D eigenvalue weighted by Crippen LogP contribution is -2.15. The molecule has 0 saturated heterocycles. The maximum Gasteiger partial charge on any atom is 0.356 e. The summed E-state index contributed by atoms with van der Waals surface area (Å²) in [6.45, 7) is -0.199. The molecule has 4 N–H and O–H groups in total. The minimum Gasteiger partial charge on any atom is -0.496 e. The molecule has 3 rings (SSSR count). The molecule has 3 aromatic rings. The predicted molar refractivity (Wildman–Crippen MR) is 121 cm³/mol. The number of rotatable bonds is 8. The first-order chi connectivity index (χ1) is 15.6. The van der Waals surface area contributed by atoms with Gasteiger partial charge in [-0.15, -0.1) is 0 Å². The Labute approximate surface area is 197 Å². The third-order valence-electron chi connectivity index (χ3n) is 4.88. The van der Waals surface area contributed by atoms with E-state index < -0.39 is 34.9 Å². The van der Waals surface area contributed by atoms with Gasteiger partial charge in [0.1, 0.15) is 17.9 Å². The molecule has 0 aliphatic carbocycles. The summed E-state index contributed by atoms with van der Waals surface area (Å²) in [5.74, 6) is -4.04. The molecule has 0 atom stereocenters. The fourth-order valence-corrected chi connectivity index (χ4v) is 3.79. The molecule has 0 unspecified atom stereocenters. The number of benzene rings is 2. The van der Waals surface area contributed by atoms with Crippen molar-refractivity contribution in [2.45, 2.75) is 6.61 Å². The first-order valence-corrected chi connectivity index (χ1v) is 10.1. The highest BCUT2D eigenvalue weighted by atomic mass is 35.5. The molecule has 0 saturated carbocycles. The quantitative estimate of drug-likeness (QED) is 0.429. The summed E-state index contributed by atoms with van der Waals surface area (Å²) in [4.78, 5) is 36.5. The topological polar surface area (TPSA) is 141 Å². The van der Waals surface area contributed by atoms with Gasteiger partial charge >= 0.3 is 11.9 Å². The van der Waals surface area contributed by atoms with Crippen molar-refractivity contribution in [3.05, 3.63) is 68.8 Å². The summed E-state index contributed by atoms with van der Waals surface area (Å²) in [5, 5.41) is 20.4. The monoisotopic (exact) mass is 492 g/mol. The zero-order chi connectivity index (χ0) is 24.4. The highest BCUT2D eigenvalue weighted by molar-refractivity contribution is 6.42. The number of nitrogens with two attached hydrogens (primary N) is 1. The van der Waals surface area contributed by atoms with Crippen molar-refractivity contribution in [2.24, 2.45) is 12.8 Å².